The average Bonchev–Trinajstić information content (AvgIpc) is 3.31. The van der Waals surface area contributed by atoms with Gasteiger partial charge in [-0.05, 0) is 43.3 Å². The van der Waals surface area contributed by atoms with Gasteiger partial charge in [-0.25, -0.2) is 0 Å². The van der Waals surface area contributed by atoms with Gasteiger partial charge < -0.3 is 14.6 Å². The lowest BCUT2D eigenvalue weighted by molar-refractivity contribution is 0.387. The van der Waals surface area contributed by atoms with Crippen molar-refractivity contribution in [3.05, 3.63) is 66.3 Å². The summed E-state index contributed by atoms with van der Waals surface area (Å²) in [5, 5.41) is 16.0. The molecule has 4 rings (SSSR count). The number of anilines is 2. The van der Waals surface area contributed by atoms with Gasteiger partial charge in [0.25, 0.3) is 0 Å². The molecule has 0 spiro atoms. The normalized spacial score (nSPS) is 10.7. The summed E-state index contributed by atoms with van der Waals surface area (Å²) in [7, 11) is 0. The summed E-state index contributed by atoms with van der Waals surface area (Å²) in [4.78, 5) is 4.17. The molecular formula is C18H15N5O2S2. The van der Waals surface area contributed by atoms with E-state index in [0.717, 1.165) is 26.7 Å². The Morgan fingerprint density at radius 1 is 1.04 bits per heavy atom. The summed E-state index contributed by atoms with van der Waals surface area (Å²) in [5.41, 5.74) is 0.913. The Bertz CT molecular complexity index is 1000. The maximum Gasteiger partial charge on any atom is 0.237 e. The molecule has 136 valence electrons. The van der Waals surface area contributed by atoms with Crippen LogP contribution in [-0.2, 0) is 5.75 Å². The van der Waals surface area contributed by atoms with Crippen LogP contribution in [0.1, 0.15) is 11.7 Å². The van der Waals surface area contributed by atoms with E-state index in [9.17, 15) is 0 Å². The van der Waals surface area contributed by atoms with Crippen LogP contribution < -0.4 is 10.1 Å². The van der Waals surface area contributed by atoms with Crippen LogP contribution in [0.3, 0.4) is 0 Å². The SMILES string of the molecule is Cc1noc(CSc2nnc(Nc3ccc(Oc4ccccc4)cc3)s2)n1. The van der Waals surface area contributed by atoms with E-state index in [4.69, 9.17) is 9.26 Å². The van der Waals surface area contributed by atoms with Crippen molar-refractivity contribution in [3.63, 3.8) is 0 Å². The van der Waals surface area contributed by atoms with Gasteiger partial charge in [0.1, 0.15) is 11.5 Å². The van der Waals surface area contributed by atoms with Crippen LogP contribution in [0.25, 0.3) is 0 Å². The highest BCUT2D eigenvalue weighted by Gasteiger charge is 2.09. The molecule has 9 heteroatoms. The summed E-state index contributed by atoms with van der Waals surface area (Å²) in [6, 6.07) is 17.4. The molecule has 27 heavy (non-hydrogen) atoms. The number of para-hydroxylation sites is 1. The molecule has 2 aromatic heterocycles. The van der Waals surface area contributed by atoms with Crippen LogP contribution in [0.15, 0.2) is 63.5 Å². The van der Waals surface area contributed by atoms with Crippen molar-refractivity contribution < 1.29 is 9.26 Å². The fourth-order valence-corrected chi connectivity index (χ4v) is 3.80. The quantitative estimate of drug-likeness (QED) is 0.433. The van der Waals surface area contributed by atoms with Crippen LogP contribution in [0.4, 0.5) is 10.8 Å². The van der Waals surface area contributed by atoms with Gasteiger partial charge in [0.05, 0.1) is 5.75 Å². The average molecular weight is 397 g/mol. The topological polar surface area (TPSA) is 86.0 Å². The predicted octanol–water partition coefficient (Wildman–Crippen LogP) is 5.06. The molecule has 0 aliphatic carbocycles. The second-order valence-electron chi connectivity index (χ2n) is 5.46. The molecule has 7 nitrogen and oxygen atoms in total. The minimum absolute atomic E-state index is 0.570. The Balaban J connectivity index is 1.33. The summed E-state index contributed by atoms with van der Waals surface area (Å²) < 4.78 is 11.7. The lowest BCUT2D eigenvalue weighted by Crippen LogP contribution is -1.90. The Morgan fingerprint density at radius 3 is 2.56 bits per heavy atom. The Morgan fingerprint density at radius 2 is 1.81 bits per heavy atom. The third-order valence-electron chi connectivity index (χ3n) is 3.38. The van der Waals surface area contributed by atoms with Crippen LogP contribution in [0.2, 0.25) is 0 Å². The summed E-state index contributed by atoms with van der Waals surface area (Å²) >= 11 is 2.98. The van der Waals surface area contributed by atoms with Crippen molar-refractivity contribution in [2.75, 3.05) is 5.32 Å². The highest BCUT2D eigenvalue weighted by atomic mass is 32.2. The fraction of sp³-hybridized carbons (Fsp3) is 0.111. The first-order valence-corrected chi connectivity index (χ1v) is 9.90. The third kappa shape index (κ3) is 4.83. The van der Waals surface area contributed by atoms with Gasteiger partial charge in [0, 0.05) is 5.69 Å². The van der Waals surface area contributed by atoms with Crippen molar-refractivity contribution in [3.8, 4) is 11.5 Å². The van der Waals surface area contributed by atoms with E-state index in [-0.39, 0.29) is 0 Å². The number of benzene rings is 2. The molecule has 1 N–H and O–H groups in total. The number of nitrogens with zero attached hydrogens (tertiary/aromatic N) is 4. The van der Waals surface area contributed by atoms with Crippen molar-refractivity contribution in [1.82, 2.24) is 20.3 Å². The van der Waals surface area contributed by atoms with Crippen LogP contribution in [-0.4, -0.2) is 20.3 Å². The Kier molecular flexibility index (Phi) is 5.31. The highest BCUT2D eigenvalue weighted by Crippen LogP contribution is 2.30. The maximum absolute atomic E-state index is 5.79. The Labute approximate surface area is 163 Å². The van der Waals surface area contributed by atoms with Gasteiger partial charge in [-0.2, -0.15) is 4.98 Å². The maximum atomic E-state index is 5.79. The molecule has 0 amide bonds. The Hall–Kier alpha value is -2.91. The number of hydrogen-bond acceptors (Lipinski definition) is 9. The zero-order valence-corrected chi connectivity index (χ0v) is 16.0. The molecule has 2 heterocycles. The zero-order valence-electron chi connectivity index (χ0n) is 14.3. The molecule has 0 aliphatic heterocycles. The first-order valence-electron chi connectivity index (χ1n) is 8.10. The number of nitrogens with one attached hydrogen (secondary N) is 1. The third-order valence-corrected chi connectivity index (χ3v) is 5.34. The number of aryl methyl sites for hydroxylation is 1. The number of hydrogen-bond donors (Lipinski definition) is 1. The molecule has 0 fully saturated rings. The van der Waals surface area contributed by atoms with Crippen LogP contribution >= 0.6 is 23.1 Å². The summed E-state index contributed by atoms with van der Waals surface area (Å²) in [5.74, 6) is 3.36. The van der Waals surface area contributed by atoms with Gasteiger partial charge in [-0.3, -0.25) is 0 Å². The van der Waals surface area contributed by atoms with Crippen molar-refractivity contribution in [2.45, 2.75) is 17.0 Å². The van der Waals surface area contributed by atoms with E-state index in [1.165, 1.54) is 23.1 Å². The zero-order chi connectivity index (χ0) is 18.5. The van der Waals surface area contributed by atoms with E-state index >= 15 is 0 Å². The molecule has 0 atom stereocenters. The van der Waals surface area contributed by atoms with Gasteiger partial charge in [0.15, 0.2) is 10.2 Å². The van der Waals surface area contributed by atoms with Crippen molar-refractivity contribution in [1.29, 1.82) is 0 Å². The van der Waals surface area contributed by atoms with E-state index in [0.29, 0.717) is 17.5 Å². The molecule has 0 saturated carbocycles. The predicted molar refractivity (Wildman–Crippen MR) is 105 cm³/mol. The smallest absolute Gasteiger partial charge is 0.237 e. The largest absolute Gasteiger partial charge is 0.457 e. The molecule has 0 unspecified atom stereocenters. The van der Waals surface area contributed by atoms with Gasteiger partial charge >= 0.3 is 0 Å². The standard InChI is InChI=1S/C18H15N5O2S2/c1-12-19-16(25-23-12)11-26-18-22-21-17(27-18)20-13-7-9-15(10-8-13)24-14-5-3-2-4-6-14/h2-10H,11H2,1H3,(H,20,21). The molecular weight excluding hydrogens is 382 g/mol. The highest BCUT2D eigenvalue weighted by molar-refractivity contribution is 8.00. The number of ether oxygens (including phenoxy) is 1. The number of rotatable bonds is 7. The van der Waals surface area contributed by atoms with Gasteiger partial charge in [-0.15, -0.1) is 10.2 Å². The number of aromatic nitrogens is 4. The summed E-state index contributed by atoms with van der Waals surface area (Å²) in [6.45, 7) is 1.79. The number of thioether (sulfide) groups is 1. The van der Waals surface area contributed by atoms with Crippen LogP contribution in [0, 0.1) is 6.92 Å². The molecule has 0 radical (unpaired) electrons. The lowest BCUT2D eigenvalue weighted by Gasteiger charge is -2.06. The molecule has 0 bridgehead atoms. The first kappa shape index (κ1) is 17.5. The van der Waals surface area contributed by atoms with Crippen LogP contribution in [0.5, 0.6) is 11.5 Å². The molecule has 2 aromatic carbocycles. The van der Waals surface area contributed by atoms with E-state index in [1.54, 1.807) is 6.92 Å². The van der Waals surface area contributed by atoms with E-state index in [2.05, 4.69) is 25.7 Å². The lowest BCUT2D eigenvalue weighted by atomic mass is 10.3. The van der Waals surface area contributed by atoms with E-state index < -0.39 is 0 Å². The minimum atomic E-state index is 0.570. The second-order valence-corrected chi connectivity index (χ2v) is 7.66. The summed E-state index contributed by atoms with van der Waals surface area (Å²) in [6.07, 6.45) is 0. The van der Waals surface area contributed by atoms with Crippen molar-refractivity contribution in [2.24, 2.45) is 0 Å². The fourth-order valence-electron chi connectivity index (χ4n) is 2.20. The molecule has 0 aliphatic rings. The molecule has 0 saturated heterocycles. The second kappa shape index (κ2) is 8.19. The van der Waals surface area contributed by atoms with E-state index in [1.807, 2.05) is 54.6 Å². The molecule has 4 aromatic rings. The van der Waals surface area contributed by atoms with Crippen molar-refractivity contribution >= 4 is 33.9 Å². The first-order chi connectivity index (χ1) is 13.2. The van der Waals surface area contributed by atoms with Gasteiger partial charge in [0.2, 0.25) is 11.0 Å². The van der Waals surface area contributed by atoms with Gasteiger partial charge in [-0.1, -0.05) is 46.5 Å². The minimum Gasteiger partial charge on any atom is -0.457 e. The monoisotopic (exact) mass is 397 g/mol.